The van der Waals surface area contributed by atoms with Gasteiger partial charge in [-0.15, -0.1) is 0 Å². The molecule has 1 N–H and O–H groups in total. The first kappa shape index (κ1) is 14.1. The molecular formula is C11H15F2NO2S. The van der Waals surface area contributed by atoms with Crippen LogP contribution in [-0.2, 0) is 9.84 Å². The Bertz CT molecular complexity index is 474. The van der Waals surface area contributed by atoms with E-state index in [4.69, 9.17) is 0 Å². The third kappa shape index (κ3) is 4.05. The molecule has 0 aliphatic heterocycles. The highest BCUT2D eigenvalue weighted by Gasteiger charge is 2.16. The molecule has 0 radical (unpaired) electrons. The van der Waals surface area contributed by atoms with Gasteiger partial charge in [0.15, 0.2) is 21.5 Å². The molecule has 1 aromatic carbocycles. The van der Waals surface area contributed by atoms with E-state index in [1.54, 1.807) is 0 Å². The fraction of sp³-hybridized carbons (Fsp3) is 0.455. The molecule has 0 fully saturated rings. The summed E-state index contributed by atoms with van der Waals surface area (Å²) >= 11 is 0. The van der Waals surface area contributed by atoms with Crippen LogP contribution in [0.2, 0.25) is 0 Å². The number of benzene rings is 1. The lowest BCUT2D eigenvalue weighted by molar-refractivity contribution is 0.504. The van der Waals surface area contributed by atoms with Crippen molar-refractivity contribution in [1.82, 2.24) is 5.32 Å². The summed E-state index contributed by atoms with van der Waals surface area (Å²) in [5.74, 6) is -2.32. The smallest absolute Gasteiger partial charge is 0.179 e. The maximum Gasteiger partial charge on any atom is 0.179 e. The molecule has 0 unspecified atom stereocenters. The molecule has 0 bridgehead atoms. The Balaban J connectivity index is 2.72. The Morgan fingerprint density at radius 1 is 1.18 bits per heavy atom. The van der Waals surface area contributed by atoms with Gasteiger partial charge in [0, 0.05) is 6.54 Å². The van der Waals surface area contributed by atoms with Crippen LogP contribution >= 0.6 is 0 Å². The largest absolute Gasteiger partial charge is 0.316 e. The molecule has 0 aromatic heterocycles. The van der Waals surface area contributed by atoms with Gasteiger partial charge in [-0.2, -0.15) is 0 Å². The summed E-state index contributed by atoms with van der Waals surface area (Å²) in [5.41, 5.74) is 0. The van der Waals surface area contributed by atoms with E-state index in [2.05, 4.69) is 5.32 Å². The quantitative estimate of drug-likeness (QED) is 0.628. The van der Waals surface area contributed by atoms with Gasteiger partial charge in [0.2, 0.25) is 0 Å². The predicted molar refractivity (Wildman–Crippen MR) is 61.6 cm³/mol. The summed E-state index contributed by atoms with van der Waals surface area (Å²) in [6.07, 6.45) is 0.908. The van der Waals surface area contributed by atoms with Crippen molar-refractivity contribution in [3.8, 4) is 0 Å². The minimum Gasteiger partial charge on any atom is -0.316 e. The van der Waals surface area contributed by atoms with Crippen LogP contribution in [0.1, 0.15) is 13.3 Å². The number of sulfone groups is 1. The maximum atomic E-state index is 12.9. The van der Waals surface area contributed by atoms with Crippen molar-refractivity contribution in [2.24, 2.45) is 0 Å². The molecule has 0 amide bonds. The normalized spacial score (nSPS) is 11.7. The molecular weight excluding hydrogens is 248 g/mol. The van der Waals surface area contributed by atoms with E-state index in [9.17, 15) is 17.2 Å². The topological polar surface area (TPSA) is 46.2 Å². The zero-order valence-electron chi connectivity index (χ0n) is 9.54. The first-order valence-corrected chi connectivity index (χ1v) is 7.01. The number of halogens is 2. The molecule has 0 atom stereocenters. The second-order valence-electron chi connectivity index (χ2n) is 3.64. The SMILES string of the molecule is CCCNCCS(=O)(=O)c1ccc(F)c(F)c1. The van der Waals surface area contributed by atoms with Crippen molar-refractivity contribution in [3.05, 3.63) is 29.8 Å². The number of nitrogens with one attached hydrogen (secondary N) is 1. The minimum absolute atomic E-state index is 0.127. The zero-order chi connectivity index (χ0) is 12.9. The Kier molecular flexibility index (Phi) is 5.02. The number of hydrogen-bond donors (Lipinski definition) is 1. The van der Waals surface area contributed by atoms with Crippen LogP contribution in [0.5, 0.6) is 0 Å². The van der Waals surface area contributed by atoms with E-state index in [0.717, 1.165) is 25.1 Å². The fourth-order valence-electron chi connectivity index (χ4n) is 1.30. The Morgan fingerprint density at radius 2 is 1.88 bits per heavy atom. The first-order valence-electron chi connectivity index (χ1n) is 5.36. The van der Waals surface area contributed by atoms with E-state index in [1.165, 1.54) is 0 Å². The molecule has 0 spiro atoms. The van der Waals surface area contributed by atoms with Gasteiger partial charge in [-0.3, -0.25) is 0 Å². The van der Waals surface area contributed by atoms with E-state index in [-0.39, 0.29) is 10.6 Å². The van der Waals surface area contributed by atoms with Crippen LogP contribution in [0, 0.1) is 11.6 Å². The van der Waals surface area contributed by atoms with Crippen molar-refractivity contribution in [3.63, 3.8) is 0 Å². The van der Waals surface area contributed by atoms with Crippen LogP contribution < -0.4 is 5.32 Å². The molecule has 0 heterocycles. The lowest BCUT2D eigenvalue weighted by Gasteiger charge is -2.05. The summed E-state index contributed by atoms with van der Waals surface area (Å²) in [4.78, 5) is -0.185. The highest BCUT2D eigenvalue weighted by atomic mass is 32.2. The van der Waals surface area contributed by atoms with Crippen molar-refractivity contribution in [2.75, 3.05) is 18.8 Å². The minimum atomic E-state index is -3.55. The van der Waals surface area contributed by atoms with Crippen LogP contribution in [0.15, 0.2) is 23.1 Å². The average molecular weight is 263 g/mol. The van der Waals surface area contributed by atoms with Crippen molar-refractivity contribution < 1.29 is 17.2 Å². The van der Waals surface area contributed by atoms with Crippen molar-refractivity contribution in [1.29, 1.82) is 0 Å². The van der Waals surface area contributed by atoms with Crippen molar-refractivity contribution in [2.45, 2.75) is 18.2 Å². The van der Waals surface area contributed by atoms with Gasteiger partial charge < -0.3 is 5.32 Å². The molecule has 96 valence electrons. The standard InChI is InChI=1S/C11H15F2NO2S/c1-2-5-14-6-7-17(15,16)9-3-4-10(12)11(13)8-9/h3-4,8,14H,2,5-7H2,1H3. The fourth-order valence-corrected chi connectivity index (χ4v) is 2.50. The zero-order valence-corrected chi connectivity index (χ0v) is 10.4. The van der Waals surface area contributed by atoms with Gasteiger partial charge in [0.1, 0.15) is 0 Å². The average Bonchev–Trinajstić information content (AvgIpc) is 2.28. The lowest BCUT2D eigenvalue weighted by atomic mass is 10.3. The van der Waals surface area contributed by atoms with Crippen LogP contribution in [0.4, 0.5) is 8.78 Å². The van der Waals surface area contributed by atoms with E-state index in [1.807, 2.05) is 6.92 Å². The Labute approximate surface area is 99.8 Å². The van der Waals surface area contributed by atoms with Crippen LogP contribution in [0.3, 0.4) is 0 Å². The first-order chi connectivity index (χ1) is 7.97. The van der Waals surface area contributed by atoms with Gasteiger partial charge in [-0.25, -0.2) is 17.2 Å². The lowest BCUT2D eigenvalue weighted by Crippen LogP contribution is -2.23. The molecule has 3 nitrogen and oxygen atoms in total. The monoisotopic (exact) mass is 263 g/mol. The summed E-state index contributed by atoms with van der Waals surface area (Å²) < 4.78 is 49.0. The second kappa shape index (κ2) is 6.07. The van der Waals surface area contributed by atoms with Crippen molar-refractivity contribution >= 4 is 9.84 Å². The van der Waals surface area contributed by atoms with Gasteiger partial charge >= 0.3 is 0 Å². The molecule has 0 saturated carbocycles. The molecule has 0 aliphatic carbocycles. The summed E-state index contributed by atoms with van der Waals surface area (Å²) in [5, 5.41) is 2.94. The van der Waals surface area contributed by atoms with E-state index >= 15 is 0 Å². The summed E-state index contributed by atoms with van der Waals surface area (Å²) in [7, 11) is -3.55. The third-order valence-electron chi connectivity index (χ3n) is 2.22. The number of rotatable bonds is 6. The maximum absolute atomic E-state index is 12.9. The number of hydrogen-bond acceptors (Lipinski definition) is 3. The molecule has 1 aromatic rings. The molecule has 0 aliphatic rings. The van der Waals surface area contributed by atoms with Gasteiger partial charge in [-0.05, 0) is 31.2 Å². The van der Waals surface area contributed by atoms with Crippen LogP contribution in [-0.4, -0.2) is 27.3 Å². The second-order valence-corrected chi connectivity index (χ2v) is 5.75. The predicted octanol–water partition coefficient (Wildman–Crippen LogP) is 1.74. The summed E-state index contributed by atoms with van der Waals surface area (Å²) in [6.45, 7) is 3.00. The molecule has 6 heteroatoms. The molecule has 17 heavy (non-hydrogen) atoms. The Hall–Kier alpha value is -1.01. The highest BCUT2D eigenvalue weighted by molar-refractivity contribution is 7.91. The van der Waals surface area contributed by atoms with Gasteiger partial charge in [0.05, 0.1) is 10.6 Å². The third-order valence-corrected chi connectivity index (χ3v) is 3.94. The van der Waals surface area contributed by atoms with Gasteiger partial charge in [-0.1, -0.05) is 6.92 Å². The molecule has 1 rings (SSSR count). The Morgan fingerprint density at radius 3 is 2.47 bits per heavy atom. The highest BCUT2D eigenvalue weighted by Crippen LogP contribution is 2.14. The van der Waals surface area contributed by atoms with E-state index in [0.29, 0.717) is 12.6 Å². The summed E-state index contributed by atoms with van der Waals surface area (Å²) in [6, 6.07) is 2.61. The van der Waals surface area contributed by atoms with E-state index < -0.39 is 21.5 Å². The molecule has 0 saturated heterocycles. The van der Waals surface area contributed by atoms with Crippen LogP contribution in [0.25, 0.3) is 0 Å². The van der Waals surface area contributed by atoms with Gasteiger partial charge in [0.25, 0.3) is 0 Å².